The van der Waals surface area contributed by atoms with E-state index in [0.29, 0.717) is 5.96 Å². The van der Waals surface area contributed by atoms with Gasteiger partial charge in [0.1, 0.15) is 10.7 Å². The van der Waals surface area contributed by atoms with Crippen molar-refractivity contribution < 1.29 is 17.5 Å². The van der Waals surface area contributed by atoms with E-state index < -0.39 is 15.7 Å². The lowest BCUT2D eigenvalue weighted by Gasteiger charge is -2.33. The Balaban J connectivity index is 1.73. The van der Waals surface area contributed by atoms with E-state index in [9.17, 15) is 12.8 Å². The topological polar surface area (TPSA) is 83.0 Å². The smallest absolute Gasteiger partial charge is 0.191 e. The van der Waals surface area contributed by atoms with Crippen LogP contribution < -0.4 is 10.6 Å². The van der Waals surface area contributed by atoms with Crippen molar-refractivity contribution in [2.45, 2.75) is 43.7 Å². The number of halogens is 1. The number of piperidine rings is 1. The summed E-state index contributed by atoms with van der Waals surface area (Å²) < 4.78 is 44.0. The molecular weight excluding hydrogens is 395 g/mol. The molecule has 1 heterocycles. The number of guanidine groups is 1. The standard InChI is InChI=1S/C20H33FN4O3S/c1-16(2)28-14-13-25-11-8-17(9-12-25)24-20(22-3)23-10-15-29(26,27)19-7-5-4-6-18(19)21/h4-7,16-17H,8-15H2,1-3H3,(H2,22,23,24). The first kappa shape index (κ1) is 23.6. The molecule has 29 heavy (non-hydrogen) atoms. The molecule has 1 aliphatic heterocycles. The van der Waals surface area contributed by atoms with Crippen molar-refractivity contribution >= 4 is 15.8 Å². The number of nitrogens with one attached hydrogen (secondary N) is 2. The van der Waals surface area contributed by atoms with E-state index in [1.165, 1.54) is 18.2 Å². The fraction of sp³-hybridized carbons (Fsp3) is 0.650. The van der Waals surface area contributed by atoms with Crippen molar-refractivity contribution in [3.63, 3.8) is 0 Å². The lowest BCUT2D eigenvalue weighted by atomic mass is 10.1. The number of nitrogens with zero attached hydrogens (tertiary/aromatic N) is 2. The van der Waals surface area contributed by atoms with Crippen LogP contribution in [0.25, 0.3) is 0 Å². The molecule has 1 aliphatic rings. The van der Waals surface area contributed by atoms with Crippen LogP contribution in [0, 0.1) is 5.82 Å². The number of hydrogen-bond donors (Lipinski definition) is 2. The zero-order chi connectivity index (χ0) is 21.3. The van der Waals surface area contributed by atoms with E-state index in [4.69, 9.17) is 4.74 Å². The maximum absolute atomic E-state index is 13.7. The Labute approximate surface area is 173 Å². The highest BCUT2D eigenvalue weighted by atomic mass is 32.2. The third-order valence-corrected chi connectivity index (χ3v) is 6.59. The zero-order valence-corrected chi connectivity index (χ0v) is 18.3. The Kier molecular flexibility index (Phi) is 9.32. The van der Waals surface area contributed by atoms with Crippen molar-refractivity contribution in [1.29, 1.82) is 0 Å². The minimum Gasteiger partial charge on any atom is -0.377 e. The molecule has 0 radical (unpaired) electrons. The summed E-state index contributed by atoms with van der Waals surface area (Å²) in [5, 5.41) is 6.37. The Hall–Kier alpha value is -1.71. The fourth-order valence-corrected chi connectivity index (χ4v) is 4.46. The molecule has 0 saturated carbocycles. The molecule has 2 N–H and O–H groups in total. The molecule has 0 amide bonds. The van der Waals surface area contributed by atoms with Gasteiger partial charge in [0.25, 0.3) is 0 Å². The van der Waals surface area contributed by atoms with Crippen LogP contribution in [-0.2, 0) is 14.6 Å². The number of aliphatic imine (C=N–C) groups is 1. The molecule has 2 rings (SSSR count). The van der Waals surface area contributed by atoms with E-state index in [2.05, 4.69) is 20.5 Å². The summed E-state index contributed by atoms with van der Waals surface area (Å²) in [6.45, 7) is 7.88. The second-order valence-corrected chi connectivity index (χ2v) is 9.51. The van der Waals surface area contributed by atoms with Crippen molar-refractivity contribution in [1.82, 2.24) is 15.5 Å². The van der Waals surface area contributed by atoms with Crippen molar-refractivity contribution in [3.8, 4) is 0 Å². The molecule has 1 aromatic rings. The molecule has 0 spiro atoms. The van der Waals surface area contributed by atoms with Crippen molar-refractivity contribution in [2.75, 3.05) is 45.6 Å². The van der Waals surface area contributed by atoms with Crippen molar-refractivity contribution in [2.24, 2.45) is 4.99 Å². The van der Waals surface area contributed by atoms with Gasteiger partial charge in [0.2, 0.25) is 0 Å². The molecule has 0 aliphatic carbocycles. The summed E-state index contributed by atoms with van der Waals surface area (Å²) in [4.78, 5) is 6.29. The van der Waals surface area contributed by atoms with Crippen LogP contribution in [0.15, 0.2) is 34.2 Å². The maximum Gasteiger partial charge on any atom is 0.191 e. The van der Waals surface area contributed by atoms with Gasteiger partial charge in [0.15, 0.2) is 15.8 Å². The minimum absolute atomic E-state index is 0.154. The van der Waals surface area contributed by atoms with E-state index in [1.54, 1.807) is 7.05 Å². The van der Waals surface area contributed by atoms with Crippen LogP contribution in [0.5, 0.6) is 0 Å². The summed E-state index contributed by atoms with van der Waals surface area (Å²) in [6.07, 6.45) is 2.22. The largest absolute Gasteiger partial charge is 0.377 e. The first-order valence-electron chi connectivity index (χ1n) is 10.1. The highest BCUT2D eigenvalue weighted by molar-refractivity contribution is 7.91. The van der Waals surface area contributed by atoms with Crippen LogP contribution in [0.2, 0.25) is 0 Å². The first-order valence-corrected chi connectivity index (χ1v) is 11.8. The zero-order valence-electron chi connectivity index (χ0n) is 17.5. The van der Waals surface area contributed by atoms with Gasteiger partial charge in [0.05, 0.1) is 18.5 Å². The summed E-state index contributed by atoms with van der Waals surface area (Å²) in [6, 6.07) is 5.72. The third kappa shape index (κ3) is 7.91. The van der Waals surface area contributed by atoms with Crippen LogP contribution in [0.3, 0.4) is 0 Å². The van der Waals surface area contributed by atoms with E-state index in [0.717, 1.165) is 45.1 Å². The molecule has 1 aromatic carbocycles. The van der Waals surface area contributed by atoms with Crippen LogP contribution >= 0.6 is 0 Å². The lowest BCUT2D eigenvalue weighted by molar-refractivity contribution is 0.0532. The van der Waals surface area contributed by atoms with Gasteiger partial charge in [-0.1, -0.05) is 12.1 Å². The first-order chi connectivity index (χ1) is 13.8. The number of rotatable bonds is 9. The molecule has 9 heteroatoms. The van der Waals surface area contributed by atoms with E-state index in [-0.39, 0.29) is 29.3 Å². The number of ether oxygens (including phenoxy) is 1. The SMILES string of the molecule is CN=C(NCCS(=O)(=O)c1ccccc1F)NC1CCN(CCOC(C)C)CC1. The van der Waals surface area contributed by atoms with Gasteiger partial charge in [0, 0.05) is 39.3 Å². The second kappa shape index (κ2) is 11.5. The average molecular weight is 429 g/mol. The van der Waals surface area contributed by atoms with Crippen LogP contribution in [0.4, 0.5) is 4.39 Å². The molecule has 0 bridgehead atoms. The summed E-state index contributed by atoms with van der Waals surface area (Å²) in [7, 11) is -2.04. The van der Waals surface area contributed by atoms with Gasteiger partial charge >= 0.3 is 0 Å². The fourth-order valence-electron chi connectivity index (χ4n) is 3.22. The number of benzene rings is 1. The molecule has 7 nitrogen and oxygen atoms in total. The Morgan fingerprint density at radius 2 is 2.00 bits per heavy atom. The van der Waals surface area contributed by atoms with E-state index >= 15 is 0 Å². The Morgan fingerprint density at radius 3 is 2.62 bits per heavy atom. The normalized spacial score (nSPS) is 16.9. The van der Waals surface area contributed by atoms with Crippen molar-refractivity contribution in [3.05, 3.63) is 30.1 Å². The number of sulfone groups is 1. The van der Waals surface area contributed by atoms with Gasteiger partial charge < -0.3 is 20.3 Å². The average Bonchev–Trinajstić information content (AvgIpc) is 2.68. The highest BCUT2D eigenvalue weighted by Gasteiger charge is 2.21. The van der Waals surface area contributed by atoms with Gasteiger partial charge in [-0.2, -0.15) is 0 Å². The molecule has 0 unspecified atom stereocenters. The number of hydrogen-bond acceptors (Lipinski definition) is 5. The van der Waals surface area contributed by atoms with Gasteiger partial charge in [-0.3, -0.25) is 4.99 Å². The summed E-state index contributed by atoms with van der Waals surface area (Å²) >= 11 is 0. The second-order valence-electron chi connectivity index (χ2n) is 7.43. The monoisotopic (exact) mass is 428 g/mol. The quantitative estimate of drug-likeness (QED) is 0.460. The van der Waals surface area contributed by atoms with Gasteiger partial charge in [-0.25, -0.2) is 12.8 Å². The van der Waals surface area contributed by atoms with E-state index in [1.807, 2.05) is 13.8 Å². The highest BCUT2D eigenvalue weighted by Crippen LogP contribution is 2.15. The predicted molar refractivity (Wildman–Crippen MR) is 114 cm³/mol. The number of likely N-dealkylation sites (tertiary alicyclic amines) is 1. The molecule has 1 fully saturated rings. The Bertz CT molecular complexity index is 763. The van der Waals surface area contributed by atoms with Crippen LogP contribution in [-0.4, -0.2) is 77.0 Å². The van der Waals surface area contributed by atoms with Gasteiger partial charge in [-0.15, -0.1) is 0 Å². The molecular formula is C20H33FN4O3S. The molecule has 164 valence electrons. The summed E-state index contributed by atoms with van der Waals surface area (Å²) in [5.74, 6) is -0.362. The predicted octanol–water partition coefficient (Wildman–Crippen LogP) is 1.65. The molecule has 0 aromatic heterocycles. The van der Waals surface area contributed by atoms with Gasteiger partial charge in [-0.05, 0) is 38.8 Å². The lowest BCUT2D eigenvalue weighted by Crippen LogP contribution is -2.49. The molecule has 1 saturated heterocycles. The van der Waals surface area contributed by atoms with Crippen LogP contribution in [0.1, 0.15) is 26.7 Å². The molecule has 0 atom stereocenters. The minimum atomic E-state index is -3.69. The Morgan fingerprint density at radius 1 is 1.31 bits per heavy atom. The third-order valence-electron chi connectivity index (χ3n) is 4.85. The summed E-state index contributed by atoms with van der Waals surface area (Å²) in [5.41, 5.74) is 0. The maximum atomic E-state index is 13.7.